The number of amides is 1. The van der Waals surface area contributed by atoms with Crippen LogP contribution in [0.3, 0.4) is 0 Å². The standard InChI is InChI=1S/C13H21NO3/c15-12(10-5-3-1-2-4-6-10)14-8-7-11(9-14)13(16)17/h10-11H,1-9H2,(H,16,17). The third-order valence-corrected chi connectivity index (χ3v) is 4.05. The van der Waals surface area contributed by atoms with Crippen LogP contribution in [0.1, 0.15) is 44.9 Å². The van der Waals surface area contributed by atoms with Crippen molar-refractivity contribution >= 4 is 11.9 Å². The molecule has 0 radical (unpaired) electrons. The summed E-state index contributed by atoms with van der Waals surface area (Å²) in [6.07, 6.45) is 7.37. The fraction of sp³-hybridized carbons (Fsp3) is 0.846. The number of nitrogens with zero attached hydrogens (tertiary/aromatic N) is 1. The second-order valence-electron chi connectivity index (χ2n) is 5.30. The van der Waals surface area contributed by atoms with Gasteiger partial charge in [-0.05, 0) is 19.3 Å². The number of carbonyl (C=O) groups is 2. The topological polar surface area (TPSA) is 57.6 Å². The molecule has 1 unspecified atom stereocenters. The predicted octanol–water partition coefficient (Wildman–Crippen LogP) is 1.89. The second-order valence-corrected chi connectivity index (χ2v) is 5.30. The number of hydrogen-bond acceptors (Lipinski definition) is 2. The Morgan fingerprint density at radius 3 is 2.12 bits per heavy atom. The molecule has 1 N–H and O–H groups in total. The van der Waals surface area contributed by atoms with E-state index in [1.54, 1.807) is 4.90 Å². The molecule has 2 fully saturated rings. The number of carboxylic acids is 1. The fourth-order valence-corrected chi connectivity index (χ4v) is 2.95. The molecule has 2 aliphatic rings. The van der Waals surface area contributed by atoms with Gasteiger partial charge in [-0.1, -0.05) is 25.7 Å². The Morgan fingerprint density at radius 1 is 0.941 bits per heavy atom. The summed E-state index contributed by atoms with van der Waals surface area (Å²) >= 11 is 0. The van der Waals surface area contributed by atoms with Gasteiger partial charge in [0, 0.05) is 19.0 Å². The van der Waals surface area contributed by atoms with Gasteiger partial charge < -0.3 is 10.0 Å². The van der Waals surface area contributed by atoms with Gasteiger partial charge in [-0.2, -0.15) is 0 Å². The van der Waals surface area contributed by atoms with Crippen molar-refractivity contribution in [2.24, 2.45) is 11.8 Å². The predicted molar refractivity (Wildman–Crippen MR) is 63.5 cm³/mol. The molecule has 1 atom stereocenters. The van der Waals surface area contributed by atoms with Gasteiger partial charge in [0.25, 0.3) is 0 Å². The Balaban J connectivity index is 1.89. The number of likely N-dealkylation sites (tertiary alicyclic amines) is 1. The minimum atomic E-state index is -0.763. The van der Waals surface area contributed by atoms with E-state index in [0.717, 1.165) is 25.7 Å². The quantitative estimate of drug-likeness (QED) is 0.749. The summed E-state index contributed by atoms with van der Waals surface area (Å²) < 4.78 is 0. The SMILES string of the molecule is O=C(O)C1CCN(C(=O)C2CCCCCC2)C1. The van der Waals surface area contributed by atoms with Crippen LogP contribution in [0.2, 0.25) is 0 Å². The number of aliphatic carboxylic acids is 1. The average Bonchev–Trinajstić information content (AvgIpc) is 2.65. The lowest BCUT2D eigenvalue weighted by molar-refractivity contribution is -0.141. The molecule has 96 valence electrons. The zero-order chi connectivity index (χ0) is 12.3. The summed E-state index contributed by atoms with van der Waals surface area (Å²) in [6, 6.07) is 0. The average molecular weight is 239 g/mol. The van der Waals surface area contributed by atoms with Crippen LogP contribution in [0.15, 0.2) is 0 Å². The molecule has 0 aromatic carbocycles. The minimum Gasteiger partial charge on any atom is -0.481 e. The highest BCUT2D eigenvalue weighted by Crippen LogP contribution is 2.27. The number of hydrogen-bond donors (Lipinski definition) is 1. The number of carbonyl (C=O) groups excluding carboxylic acids is 1. The lowest BCUT2D eigenvalue weighted by Crippen LogP contribution is -2.35. The van der Waals surface area contributed by atoms with Crippen molar-refractivity contribution in [3.63, 3.8) is 0 Å². The summed E-state index contributed by atoms with van der Waals surface area (Å²) in [7, 11) is 0. The summed E-state index contributed by atoms with van der Waals surface area (Å²) in [5, 5.41) is 8.93. The van der Waals surface area contributed by atoms with E-state index < -0.39 is 5.97 Å². The van der Waals surface area contributed by atoms with Crippen molar-refractivity contribution in [1.82, 2.24) is 4.90 Å². The van der Waals surface area contributed by atoms with E-state index >= 15 is 0 Å². The molecule has 0 aromatic rings. The summed E-state index contributed by atoms with van der Waals surface area (Å²) in [5.74, 6) is -0.744. The van der Waals surface area contributed by atoms with Crippen molar-refractivity contribution in [2.45, 2.75) is 44.9 Å². The summed E-state index contributed by atoms with van der Waals surface area (Å²) in [6.45, 7) is 1.05. The molecular weight excluding hydrogens is 218 g/mol. The van der Waals surface area contributed by atoms with Crippen molar-refractivity contribution in [2.75, 3.05) is 13.1 Å². The second kappa shape index (κ2) is 5.52. The van der Waals surface area contributed by atoms with Crippen LogP contribution in [0.25, 0.3) is 0 Å². The van der Waals surface area contributed by atoms with E-state index in [2.05, 4.69) is 0 Å². The maximum absolute atomic E-state index is 12.3. The number of rotatable bonds is 2. The van der Waals surface area contributed by atoms with E-state index in [0.29, 0.717) is 19.5 Å². The Labute approximate surface area is 102 Å². The minimum absolute atomic E-state index is 0.157. The maximum atomic E-state index is 12.3. The van der Waals surface area contributed by atoms with Gasteiger partial charge in [0.15, 0.2) is 0 Å². The van der Waals surface area contributed by atoms with Crippen molar-refractivity contribution < 1.29 is 14.7 Å². The van der Waals surface area contributed by atoms with E-state index in [9.17, 15) is 9.59 Å². The highest BCUT2D eigenvalue weighted by molar-refractivity contribution is 5.80. The molecule has 2 rings (SSSR count). The van der Waals surface area contributed by atoms with Crippen LogP contribution in [0.4, 0.5) is 0 Å². The molecule has 4 heteroatoms. The highest BCUT2D eigenvalue weighted by Gasteiger charge is 2.33. The van der Waals surface area contributed by atoms with Gasteiger partial charge in [-0.15, -0.1) is 0 Å². The maximum Gasteiger partial charge on any atom is 0.308 e. The van der Waals surface area contributed by atoms with Crippen molar-refractivity contribution in [3.8, 4) is 0 Å². The van der Waals surface area contributed by atoms with Crippen molar-refractivity contribution in [1.29, 1.82) is 0 Å². The molecule has 17 heavy (non-hydrogen) atoms. The molecule has 0 bridgehead atoms. The molecule has 4 nitrogen and oxygen atoms in total. The van der Waals surface area contributed by atoms with Gasteiger partial charge in [0.05, 0.1) is 5.92 Å². The van der Waals surface area contributed by atoms with Crippen LogP contribution in [0, 0.1) is 11.8 Å². The first-order chi connectivity index (χ1) is 8.18. The molecule has 1 amide bonds. The first-order valence-electron chi connectivity index (χ1n) is 6.70. The Morgan fingerprint density at radius 2 is 1.59 bits per heavy atom. The van der Waals surface area contributed by atoms with Gasteiger partial charge in [0.2, 0.25) is 5.91 Å². The first-order valence-corrected chi connectivity index (χ1v) is 6.70. The Hall–Kier alpha value is -1.06. The van der Waals surface area contributed by atoms with E-state index in [1.165, 1.54) is 12.8 Å². The van der Waals surface area contributed by atoms with Crippen LogP contribution >= 0.6 is 0 Å². The van der Waals surface area contributed by atoms with Crippen LogP contribution in [0.5, 0.6) is 0 Å². The molecule has 0 spiro atoms. The van der Waals surface area contributed by atoms with Crippen LogP contribution in [-0.2, 0) is 9.59 Å². The molecule has 0 aromatic heterocycles. The lowest BCUT2D eigenvalue weighted by atomic mass is 9.99. The van der Waals surface area contributed by atoms with Crippen LogP contribution < -0.4 is 0 Å². The van der Waals surface area contributed by atoms with Gasteiger partial charge >= 0.3 is 5.97 Å². The highest BCUT2D eigenvalue weighted by atomic mass is 16.4. The monoisotopic (exact) mass is 239 g/mol. The van der Waals surface area contributed by atoms with Crippen LogP contribution in [-0.4, -0.2) is 35.0 Å². The zero-order valence-electron chi connectivity index (χ0n) is 10.2. The molecule has 1 aliphatic carbocycles. The van der Waals surface area contributed by atoms with Gasteiger partial charge in [-0.3, -0.25) is 9.59 Å². The molecule has 1 aliphatic heterocycles. The summed E-state index contributed by atoms with van der Waals surface area (Å²) in [5.41, 5.74) is 0. The Kier molecular flexibility index (Phi) is 4.02. The van der Waals surface area contributed by atoms with E-state index in [-0.39, 0.29) is 17.7 Å². The zero-order valence-corrected chi connectivity index (χ0v) is 10.2. The van der Waals surface area contributed by atoms with Crippen molar-refractivity contribution in [3.05, 3.63) is 0 Å². The third kappa shape index (κ3) is 2.99. The first kappa shape index (κ1) is 12.4. The largest absolute Gasteiger partial charge is 0.481 e. The van der Waals surface area contributed by atoms with E-state index in [1.807, 2.05) is 0 Å². The summed E-state index contributed by atoms with van der Waals surface area (Å²) in [4.78, 5) is 24.9. The lowest BCUT2D eigenvalue weighted by Gasteiger charge is -2.22. The molecule has 1 saturated carbocycles. The van der Waals surface area contributed by atoms with E-state index in [4.69, 9.17) is 5.11 Å². The normalized spacial score (nSPS) is 26.8. The molecule has 1 heterocycles. The van der Waals surface area contributed by atoms with Gasteiger partial charge in [0.1, 0.15) is 0 Å². The molecule has 1 saturated heterocycles. The van der Waals surface area contributed by atoms with Gasteiger partial charge in [-0.25, -0.2) is 0 Å². The molecular formula is C13H21NO3. The Bertz CT molecular complexity index is 295. The third-order valence-electron chi connectivity index (χ3n) is 4.05. The smallest absolute Gasteiger partial charge is 0.308 e. The number of carboxylic acid groups (broad SMARTS) is 1. The fourth-order valence-electron chi connectivity index (χ4n) is 2.95.